The van der Waals surface area contributed by atoms with Crippen molar-refractivity contribution < 1.29 is 0 Å². The number of nitrogens with zero attached hydrogens (tertiary/aromatic N) is 1. The Kier molecular flexibility index (Phi) is 2.99. The fourth-order valence-electron chi connectivity index (χ4n) is 1.43. The minimum absolute atomic E-state index is 0.218. The van der Waals surface area contributed by atoms with Crippen molar-refractivity contribution in [1.82, 2.24) is 4.98 Å². The van der Waals surface area contributed by atoms with Crippen LogP contribution in [0.1, 0.15) is 17.3 Å². The smallest absolute Gasteiger partial charge is 0.129 e. The number of hydrogen-bond donors (Lipinski definition) is 1. The maximum atomic E-state index is 6.06. The average Bonchev–Trinajstić information content (AvgIpc) is 2.29. The van der Waals surface area contributed by atoms with Crippen LogP contribution in [-0.2, 0) is 0 Å². The molecule has 15 heavy (non-hydrogen) atoms. The van der Waals surface area contributed by atoms with Crippen molar-refractivity contribution in [3.63, 3.8) is 0 Å². The quantitative estimate of drug-likeness (QED) is 0.788. The van der Waals surface area contributed by atoms with Crippen LogP contribution in [0.15, 0.2) is 48.5 Å². The van der Waals surface area contributed by atoms with E-state index >= 15 is 0 Å². The molecule has 0 saturated heterocycles. The second-order valence-corrected chi connectivity index (χ2v) is 3.66. The first-order chi connectivity index (χ1) is 7.27. The molecule has 0 amide bonds. The molecule has 1 unspecified atom stereocenters. The topological polar surface area (TPSA) is 38.9 Å². The van der Waals surface area contributed by atoms with E-state index in [0.29, 0.717) is 5.15 Å². The third-order valence-corrected chi connectivity index (χ3v) is 2.42. The first-order valence-electron chi connectivity index (χ1n) is 4.70. The summed E-state index contributed by atoms with van der Waals surface area (Å²) in [5, 5.41) is 0.471. The number of benzene rings is 1. The standard InChI is InChI=1S/C12H11ClN2/c13-11-8-4-7-10(15-11)12(14)9-5-2-1-3-6-9/h1-8,12H,14H2. The largest absolute Gasteiger partial charge is 0.319 e. The number of pyridine rings is 1. The average molecular weight is 219 g/mol. The predicted molar refractivity (Wildman–Crippen MR) is 61.7 cm³/mol. The monoisotopic (exact) mass is 218 g/mol. The Labute approximate surface area is 93.7 Å². The predicted octanol–water partition coefficient (Wildman–Crippen LogP) is 2.78. The van der Waals surface area contributed by atoms with E-state index in [2.05, 4.69) is 4.98 Å². The van der Waals surface area contributed by atoms with Gasteiger partial charge in [0.05, 0.1) is 11.7 Å². The van der Waals surface area contributed by atoms with E-state index < -0.39 is 0 Å². The minimum Gasteiger partial charge on any atom is -0.319 e. The molecule has 0 aliphatic heterocycles. The lowest BCUT2D eigenvalue weighted by Crippen LogP contribution is -2.13. The zero-order valence-corrected chi connectivity index (χ0v) is 8.85. The van der Waals surface area contributed by atoms with Gasteiger partial charge < -0.3 is 5.73 Å². The van der Waals surface area contributed by atoms with Gasteiger partial charge in [-0.25, -0.2) is 4.98 Å². The Morgan fingerprint density at radius 3 is 2.40 bits per heavy atom. The molecule has 1 atom stereocenters. The summed E-state index contributed by atoms with van der Waals surface area (Å²) in [5.41, 5.74) is 7.88. The molecule has 2 N–H and O–H groups in total. The van der Waals surface area contributed by atoms with Crippen LogP contribution in [0.2, 0.25) is 5.15 Å². The summed E-state index contributed by atoms with van der Waals surface area (Å²) >= 11 is 5.81. The lowest BCUT2D eigenvalue weighted by molar-refractivity contribution is 0.829. The molecule has 0 fully saturated rings. The van der Waals surface area contributed by atoms with Crippen molar-refractivity contribution in [1.29, 1.82) is 0 Å². The summed E-state index contributed by atoms with van der Waals surface area (Å²) < 4.78 is 0. The van der Waals surface area contributed by atoms with Gasteiger partial charge in [-0.3, -0.25) is 0 Å². The molecular formula is C12H11ClN2. The van der Waals surface area contributed by atoms with Crippen molar-refractivity contribution in [2.45, 2.75) is 6.04 Å². The molecular weight excluding hydrogens is 208 g/mol. The molecule has 0 spiro atoms. The summed E-state index contributed by atoms with van der Waals surface area (Å²) in [6.45, 7) is 0. The van der Waals surface area contributed by atoms with E-state index in [1.807, 2.05) is 42.5 Å². The Morgan fingerprint density at radius 2 is 1.73 bits per heavy atom. The van der Waals surface area contributed by atoms with E-state index in [1.165, 1.54) is 0 Å². The molecule has 0 bridgehead atoms. The molecule has 2 nitrogen and oxygen atoms in total. The van der Waals surface area contributed by atoms with Crippen molar-refractivity contribution in [3.05, 3.63) is 64.9 Å². The van der Waals surface area contributed by atoms with Crippen molar-refractivity contribution in [2.24, 2.45) is 5.73 Å². The van der Waals surface area contributed by atoms with Crippen LogP contribution in [0.3, 0.4) is 0 Å². The summed E-state index contributed by atoms with van der Waals surface area (Å²) in [4.78, 5) is 4.19. The first kappa shape index (κ1) is 10.1. The highest BCUT2D eigenvalue weighted by molar-refractivity contribution is 6.29. The third-order valence-electron chi connectivity index (χ3n) is 2.21. The maximum absolute atomic E-state index is 6.06. The fraction of sp³-hybridized carbons (Fsp3) is 0.0833. The van der Waals surface area contributed by atoms with E-state index in [-0.39, 0.29) is 6.04 Å². The molecule has 1 aromatic carbocycles. The molecule has 1 aromatic heterocycles. The summed E-state index contributed by atoms with van der Waals surface area (Å²) in [5.74, 6) is 0. The van der Waals surface area contributed by atoms with Crippen molar-refractivity contribution in [2.75, 3.05) is 0 Å². The van der Waals surface area contributed by atoms with Crippen LogP contribution in [0.4, 0.5) is 0 Å². The van der Waals surface area contributed by atoms with Gasteiger partial charge in [0, 0.05) is 0 Å². The van der Waals surface area contributed by atoms with Crippen LogP contribution in [0, 0.1) is 0 Å². The number of aromatic nitrogens is 1. The fourth-order valence-corrected chi connectivity index (χ4v) is 1.60. The second kappa shape index (κ2) is 4.43. The van der Waals surface area contributed by atoms with Gasteiger partial charge >= 0.3 is 0 Å². The van der Waals surface area contributed by atoms with Gasteiger partial charge in [-0.1, -0.05) is 48.0 Å². The van der Waals surface area contributed by atoms with Gasteiger partial charge in [-0.2, -0.15) is 0 Å². The van der Waals surface area contributed by atoms with E-state index in [4.69, 9.17) is 17.3 Å². The van der Waals surface area contributed by atoms with Crippen LogP contribution in [0.5, 0.6) is 0 Å². The molecule has 0 saturated carbocycles. The highest BCUT2D eigenvalue weighted by atomic mass is 35.5. The normalized spacial score (nSPS) is 12.4. The molecule has 76 valence electrons. The summed E-state index contributed by atoms with van der Waals surface area (Å²) in [7, 11) is 0. The lowest BCUT2D eigenvalue weighted by atomic mass is 10.0. The second-order valence-electron chi connectivity index (χ2n) is 3.27. The molecule has 3 heteroatoms. The number of halogens is 1. The lowest BCUT2D eigenvalue weighted by Gasteiger charge is -2.11. The van der Waals surface area contributed by atoms with Gasteiger partial charge in [0.2, 0.25) is 0 Å². The Hall–Kier alpha value is -1.38. The van der Waals surface area contributed by atoms with Gasteiger partial charge in [-0.05, 0) is 17.7 Å². The van der Waals surface area contributed by atoms with Crippen molar-refractivity contribution >= 4 is 11.6 Å². The molecule has 2 rings (SSSR count). The first-order valence-corrected chi connectivity index (χ1v) is 5.08. The number of rotatable bonds is 2. The SMILES string of the molecule is NC(c1ccccc1)c1cccc(Cl)n1. The molecule has 1 heterocycles. The van der Waals surface area contributed by atoms with E-state index in [9.17, 15) is 0 Å². The Bertz CT molecular complexity index is 442. The highest BCUT2D eigenvalue weighted by Gasteiger charge is 2.09. The zero-order valence-electron chi connectivity index (χ0n) is 8.10. The van der Waals surface area contributed by atoms with Crippen LogP contribution in [-0.4, -0.2) is 4.98 Å². The third kappa shape index (κ3) is 2.35. The molecule has 0 aliphatic rings. The summed E-state index contributed by atoms with van der Waals surface area (Å²) in [6.07, 6.45) is 0. The molecule has 2 aromatic rings. The van der Waals surface area contributed by atoms with Gasteiger partial charge in [0.25, 0.3) is 0 Å². The zero-order chi connectivity index (χ0) is 10.7. The highest BCUT2D eigenvalue weighted by Crippen LogP contribution is 2.18. The number of hydrogen-bond acceptors (Lipinski definition) is 2. The molecule has 0 aliphatic carbocycles. The van der Waals surface area contributed by atoms with Gasteiger partial charge in [-0.15, -0.1) is 0 Å². The van der Waals surface area contributed by atoms with Gasteiger partial charge in [0.1, 0.15) is 5.15 Å². The Morgan fingerprint density at radius 1 is 1.00 bits per heavy atom. The summed E-state index contributed by atoms with van der Waals surface area (Å²) in [6, 6.07) is 15.1. The van der Waals surface area contributed by atoms with Crippen LogP contribution >= 0.6 is 11.6 Å². The van der Waals surface area contributed by atoms with E-state index in [1.54, 1.807) is 6.07 Å². The van der Waals surface area contributed by atoms with Gasteiger partial charge in [0.15, 0.2) is 0 Å². The maximum Gasteiger partial charge on any atom is 0.129 e. The van der Waals surface area contributed by atoms with Crippen LogP contribution < -0.4 is 5.73 Å². The Balaban J connectivity index is 2.32. The number of nitrogens with two attached hydrogens (primary N) is 1. The minimum atomic E-state index is -0.218. The van der Waals surface area contributed by atoms with Crippen molar-refractivity contribution in [3.8, 4) is 0 Å². The molecule has 0 radical (unpaired) electrons. The van der Waals surface area contributed by atoms with Crippen LogP contribution in [0.25, 0.3) is 0 Å². The van der Waals surface area contributed by atoms with E-state index in [0.717, 1.165) is 11.3 Å².